The molecule has 0 aliphatic rings. The summed E-state index contributed by atoms with van der Waals surface area (Å²) in [6, 6.07) is 0. The van der Waals surface area contributed by atoms with E-state index in [4.69, 9.17) is 4.74 Å². The number of carbonyl (C=O) groups excluding carboxylic acids is 1. The Morgan fingerprint density at radius 2 is 2.57 bits per heavy atom. The van der Waals surface area contributed by atoms with Crippen LogP contribution < -0.4 is 0 Å². The number of nitrogens with zero attached hydrogens (tertiary/aromatic N) is 1. The van der Waals surface area contributed by atoms with Gasteiger partial charge in [0.25, 0.3) is 0 Å². The van der Waals surface area contributed by atoms with Crippen LogP contribution >= 0.6 is 11.8 Å². The minimum absolute atomic E-state index is 0.000277. The highest BCUT2D eigenvalue weighted by Crippen LogP contribution is 2.12. The van der Waals surface area contributed by atoms with E-state index in [1.165, 1.54) is 11.8 Å². The molecular formula is C9H14N2O2S. The molecule has 0 fully saturated rings. The predicted octanol–water partition coefficient (Wildman–Crippen LogP) is 1.84. The summed E-state index contributed by atoms with van der Waals surface area (Å²) in [4.78, 5) is 18.1. The van der Waals surface area contributed by atoms with Crippen molar-refractivity contribution in [1.29, 1.82) is 0 Å². The van der Waals surface area contributed by atoms with Gasteiger partial charge in [-0.25, -0.2) is 4.98 Å². The molecule has 1 heterocycles. The molecule has 0 aliphatic carbocycles. The number of thioether (sulfide) groups is 1. The van der Waals surface area contributed by atoms with Crippen molar-refractivity contribution in [1.82, 2.24) is 9.97 Å². The van der Waals surface area contributed by atoms with Gasteiger partial charge in [-0.3, -0.25) is 4.79 Å². The molecule has 1 atom stereocenters. The van der Waals surface area contributed by atoms with Gasteiger partial charge in [0.15, 0.2) is 5.16 Å². The normalized spacial score (nSPS) is 12.4. The van der Waals surface area contributed by atoms with Crippen LogP contribution in [0.25, 0.3) is 0 Å². The third-order valence-electron chi connectivity index (χ3n) is 1.71. The lowest BCUT2D eigenvalue weighted by Gasteiger charge is -2.09. The van der Waals surface area contributed by atoms with E-state index < -0.39 is 0 Å². The van der Waals surface area contributed by atoms with E-state index in [1.54, 1.807) is 12.4 Å². The first-order valence-corrected chi connectivity index (χ1v) is 5.52. The van der Waals surface area contributed by atoms with Crippen LogP contribution in [-0.4, -0.2) is 27.8 Å². The third-order valence-corrected chi connectivity index (χ3v) is 2.58. The number of aromatic amines is 1. The van der Waals surface area contributed by atoms with Crippen LogP contribution in [0, 0.1) is 0 Å². The van der Waals surface area contributed by atoms with Gasteiger partial charge in [0, 0.05) is 12.4 Å². The molecule has 0 bridgehead atoms. The lowest BCUT2D eigenvalue weighted by atomic mass is 10.3. The number of nitrogens with one attached hydrogen (secondary N) is 1. The van der Waals surface area contributed by atoms with Gasteiger partial charge >= 0.3 is 5.97 Å². The SMILES string of the molecule is CCC(C)OC(=O)CSc1ncc[nH]1. The first-order valence-electron chi connectivity index (χ1n) is 4.54. The largest absolute Gasteiger partial charge is 0.462 e. The molecule has 1 rings (SSSR count). The van der Waals surface area contributed by atoms with Crippen molar-refractivity contribution in [3.05, 3.63) is 12.4 Å². The summed E-state index contributed by atoms with van der Waals surface area (Å²) in [5.74, 6) is 0.110. The fourth-order valence-corrected chi connectivity index (χ4v) is 1.41. The average Bonchev–Trinajstić information content (AvgIpc) is 2.67. The van der Waals surface area contributed by atoms with Gasteiger partial charge in [-0.2, -0.15) is 0 Å². The molecule has 0 saturated heterocycles. The van der Waals surface area contributed by atoms with Gasteiger partial charge in [0.2, 0.25) is 0 Å². The van der Waals surface area contributed by atoms with Crippen LogP contribution in [0.15, 0.2) is 17.6 Å². The van der Waals surface area contributed by atoms with E-state index in [2.05, 4.69) is 9.97 Å². The summed E-state index contributed by atoms with van der Waals surface area (Å²) in [6.45, 7) is 3.87. The van der Waals surface area contributed by atoms with Crippen molar-refractivity contribution >= 4 is 17.7 Å². The molecule has 1 aromatic rings. The minimum atomic E-state index is -0.194. The van der Waals surface area contributed by atoms with Crippen molar-refractivity contribution in [2.75, 3.05) is 5.75 Å². The van der Waals surface area contributed by atoms with Crippen LogP contribution in [0.5, 0.6) is 0 Å². The number of H-pyrrole nitrogens is 1. The minimum Gasteiger partial charge on any atom is -0.462 e. The number of rotatable bonds is 5. The van der Waals surface area contributed by atoms with Crippen LogP contribution in [0.2, 0.25) is 0 Å². The molecular weight excluding hydrogens is 200 g/mol. The Morgan fingerprint density at radius 1 is 1.79 bits per heavy atom. The van der Waals surface area contributed by atoms with E-state index in [0.717, 1.165) is 11.6 Å². The van der Waals surface area contributed by atoms with Gasteiger partial charge in [0.05, 0.1) is 11.9 Å². The van der Waals surface area contributed by atoms with E-state index in [1.807, 2.05) is 13.8 Å². The van der Waals surface area contributed by atoms with Gasteiger partial charge in [-0.15, -0.1) is 0 Å². The Hall–Kier alpha value is -0.970. The summed E-state index contributed by atoms with van der Waals surface area (Å²) >= 11 is 1.35. The number of ether oxygens (including phenoxy) is 1. The summed E-state index contributed by atoms with van der Waals surface area (Å²) in [6.07, 6.45) is 4.22. The molecule has 5 heteroatoms. The van der Waals surface area contributed by atoms with Crippen LogP contribution in [-0.2, 0) is 9.53 Å². The maximum absolute atomic E-state index is 11.2. The Morgan fingerprint density at radius 3 is 3.14 bits per heavy atom. The molecule has 0 radical (unpaired) electrons. The fraction of sp³-hybridized carbons (Fsp3) is 0.556. The standard InChI is InChI=1S/C9H14N2O2S/c1-3-7(2)13-8(12)6-14-9-10-4-5-11-9/h4-5,7H,3,6H2,1-2H3,(H,10,11). The highest BCUT2D eigenvalue weighted by atomic mass is 32.2. The quantitative estimate of drug-likeness (QED) is 0.600. The average molecular weight is 214 g/mol. The number of imidazole rings is 1. The Bertz CT molecular complexity index is 274. The van der Waals surface area contributed by atoms with Gasteiger partial charge in [-0.05, 0) is 13.3 Å². The molecule has 14 heavy (non-hydrogen) atoms. The molecule has 78 valence electrons. The second kappa shape index (κ2) is 5.70. The highest BCUT2D eigenvalue weighted by molar-refractivity contribution is 7.99. The Labute approximate surface area is 87.4 Å². The van der Waals surface area contributed by atoms with Crippen molar-refractivity contribution in [2.45, 2.75) is 31.5 Å². The fourth-order valence-electron chi connectivity index (χ4n) is 0.799. The third kappa shape index (κ3) is 3.83. The Balaban J connectivity index is 2.22. The Kier molecular flexibility index (Phi) is 4.52. The van der Waals surface area contributed by atoms with Gasteiger partial charge < -0.3 is 9.72 Å². The molecule has 0 spiro atoms. The monoisotopic (exact) mass is 214 g/mol. The topological polar surface area (TPSA) is 55.0 Å². The summed E-state index contributed by atoms with van der Waals surface area (Å²) in [7, 11) is 0. The molecule has 0 aliphatic heterocycles. The highest BCUT2D eigenvalue weighted by Gasteiger charge is 2.08. The van der Waals surface area contributed by atoms with E-state index in [-0.39, 0.29) is 12.1 Å². The van der Waals surface area contributed by atoms with Crippen molar-refractivity contribution in [3.63, 3.8) is 0 Å². The number of hydrogen-bond acceptors (Lipinski definition) is 4. The van der Waals surface area contributed by atoms with Crippen LogP contribution in [0.1, 0.15) is 20.3 Å². The maximum atomic E-state index is 11.2. The summed E-state index contributed by atoms with van der Waals surface area (Å²) < 4.78 is 5.10. The number of aromatic nitrogens is 2. The first-order chi connectivity index (χ1) is 6.72. The van der Waals surface area contributed by atoms with E-state index >= 15 is 0 Å². The van der Waals surface area contributed by atoms with Crippen molar-refractivity contribution < 1.29 is 9.53 Å². The summed E-state index contributed by atoms with van der Waals surface area (Å²) in [5, 5.41) is 0.742. The number of esters is 1. The van der Waals surface area contributed by atoms with Gasteiger partial charge in [-0.1, -0.05) is 18.7 Å². The molecule has 0 aromatic carbocycles. The van der Waals surface area contributed by atoms with E-state index in [0.29, 0.717) is 5.75 Å². The first kappa shape index (κ1) is 11.1. The van der Waals surface area contributed by atoms with Crippen molar-refractivity contribution in [2.24, 2.45) is 0 Å². The molecule has 0 saturated carbocycles. The van der Waals surface area contributed by atoms with Crippen molar-refractivity contribution in [3.8, 4) is 0 Å². The molecule has 1 unspecified atom stereocenters. The lowest BCUT2D eigenvalue weighted by molar-refractivity contribution is -0.144. The second-order valence-electron chi connectivity index (χ2n) is 2.89. The zero-order valence-corrected chi connectivity index (χ0v) is 9.13. The lowest BCUT2D eigenvalue weighted by Crippen LogP contribution is -2.15. The molecule has 1 aromatic heterocycles. The number of carbonyl (C=O) groups is 1. The zero-order chi connectivity index (χ0) is 10.4. The maximum Gasteiger partial charge on any atom is 0.316 e. The molecule has 4 nitrogen and oxygen atoms in total. The summed E-state index contributed by atoms with van der Waals surface area (Å²) in [5.41, 5.74) is 0. The molecule has 0 amide bonds. The smallest absolute Gasteiger partial charge is 0.316 e. The predicted molar refractivity (Wildman–Crippen MR) is 55.2 cm³/mol. The van der Waals surface area contributed by atoms with E-state index in [9.17, 15) is 4.79 Å². The molecule has 1 N–H and O–H groups in total. The van der Waals surface area contributed by atoms with Crippen LogP contribution in [0.4, 0.5) is 0 Å². The zero-order valence-electron chi connectivity index (χ0n) is 8.32. The second-order valence-corrected chi connectivity index (χ2v) is 3.86. The van der Waals surface area contributed by atoms with Gasteiger partial charge in [0.1, 0.15) is 0 Å². The number of hydrogen-bond donors (Lipinski definition) is 1. The van der Waals surface area contributed by atoms with Crippen LogP contribution in [0.3, 0.4) is 0 Å².